The Balaban J connectivity index is 1.32. The molecular weight excluding hydrogens is 428 g/mol. The molecule has 2 aromatic rings. The maximum Gasteiger partial charge on any atom is 0.407 e. The number of amides is 2. The van der Waals surface area contributed by atoms with Gasteiger partial charge < -0.3 is 15.4 Å². The monoisotopic (exact) mass is 466 g/mol. The Morgan fingerprint density at radius 3 is 1.97 bits per heavy atom. The minimum absolute atomic E-state index is 0.0618. The van der Waals surface area contributed by atoms with Crippen molar-refractivity contribution in [2.75, 3.05) is 38.0 Å². The van der Waals surface area contributed by atoms with Crippen molar-refractivity contribution in [2.24, 2.45) is 0 Å². The van der Waals surface area contributed by atoms with Crippen molar-refractivity contribution < 1.29 is 14.3 Å². The van der Waals surface area contributed by atoms with Crippen LogP contribution in [0.2, 0.25) is 0 Å². The lowest BCUT2D eigenvalue weighted by molar-refractivity contribution is -0.116. The van der Waals surface area contributed by atoms with E-state index in [1.54, 1.807) is 0 Å². The van der Waals surface area contributed by atoms with Crippen LogP contribution in [0.15, 0.2) is 54.6 Å². The van der Waals surface area contributed by atoms with Crippen LogP contribution in [0.1, 0.15) is 44.7 Å². The van der Waals surface area contributed by atoms with Crippen LogP contribution in [0.4, 0.5) is 10.5 Å². The van der Waals surface area contributed by atoms with E-state index in [1.807, 2.05) is 32.9 Å². The molecule has 1 saturated heterocycles. The third-order valence-electron chi connectivity index (χ3n) is 5.61. The Hall–Kier alpha value is -2.90. The minimum Gasteiger partial charge on any atom is -0.444 e. The molecule has 0 saturated carbocycles. The molecule has 0 atom stereocenters. The molecule has 1 fully saturated rings. The lowest BCUT2D eigenvalue weighted by Gasteiger charge is -2.34. The number of carbonyl (C=O) groups excluding carboxylic acids is 2. The molecule has 2 N–H and O–H groups in total. The highest BCUT2D eigenvalue weighted by molar-refractivity contribution is 5.90. The first-order valence-corrected chi connectivity index (χ1v) is 12.1. The molecule has 0 aliphatic carbocycles. The number of anilines is 1. The summed E-state index contributed by atoms with van der Waals surface area (Å²) in [6, 6.07) is 18.7. The lowest BCUT2D eigenvalue weighted by Crippen LogP contribution is -2.45. The van der Waals surface area contributed by atoms with Crippen molar-refractivity contribution in [2.45, 2.75) is 52.3 Å². The number of nitrogens with one attached hydrogen (secondary N) is 2. The Morgan fingerprint density at radius 2 is 1.41 bits per heavy atom. The van der Waals surface area contributed by atoms with E-state index in [0.29, 0.717) is 19.4 Å². The number of piperazine rings is 1. The van der Waals surface area contributed by atoms with E-state index in [-0.39, 0.29) is 5.91 Å². The molecule has 7 heteroatoms. The minimum atomic E-state index is -0.523. The van der Waals surface area contributed by atoms with Gasteiger partial charge in [-0.1, -0.05) is 42.5 Å². The summed E-state index contributed by atoms with van der Waals surface area (Å²) in [6.45, 7) is 12.1. The zero-order chi connectivity index (χ0) is 24.4. The van der Waals surface area contributed by atoms with Gasteiger partial charge in [-0.3, -0.25) is 14.6 Å². The van der Waals surface area contributed by atoms with Gasteiger partial charge in [-0.15, -0.1) is 0 Å². The number of ether oxygens (including phenoxy) is 1. The second kappa shape index (κ2) is 12.5. The number of hydrogen-bond donors (Lipinski definition) is 2. The second-order valence-corrected chi connectivity index (χ2v) is 9.82. The average Bonchev–Trinajstić information content (AvgIpc) is 2.79. The highest BCUT2D eigenvalue weighted by Gasteiger charge is 2.17. The van der Waals surface area contributed by atoms with E-state index in [0.717, 1.165) is 45.0 Å². The number of alkyl carbamates (subject to hydrolysis) is 1. The van der Waals surface area contributed by atoms with Crippen molar-refractivity contribution in [1.82, 2.24) is 15.1 Å². The predicted molar refractivity (Wildman–Crippen MR) is 136 cm³/mol. The molecule has 0 radical (unpaired) electrons. The highest BCUT2D eigenvalue weighted by Crippen LogP contribution is 2.15. The van der Waals surface area contributed by atoms with Crippen LogP contribution in [0.25, 0.3) is 0 Å². The molecule has 3 rings (SSSR count). The van der Waals surface area contributed by atoms with E-state index < -0.39 is 11.7 Å². The van der Waals surface area contributed by atoms with Gasteiger partial charge in [0.1, 0.15) is 5.60 Å². The smallest absolute Gasteiger partial charge is 0.407 e. The first kappa shape index (κ1) is 25.7. The lowest BCUT2D eigenvalue weighted by atomic mass is 10.1. The van der Waals surface area contributed by atoms with Gasteiger partial charge in [-0.2, -0.15) is 0 Å². The van der Waals surface area contributed by atoms with Crippen LogP contribution < -0.4 is 10.6 Å². The number of rotatable bonds is 9. The largest absolute Gasteiger partial charge is 0.444 e. The summed E-state index contributed by atoms with van der Waals surface area (Å²) >= 11 is 0. The maximum absolute atomic E-state index is 12.2. The van der Waals surface area contributed by atoms with E-state index in [4.69, 9.17) is 4.74 Å². The van der Waals surface area contributed by atoms with Gasteiger partial charge in [0.15, 0.2) is 0 Å². The van der Waals surface area contributed by atoms with Crippen LogP contribution in [0.3, 0.4) is 0 Å². The van der Waals surface area contributed by atoms with E-state index in [9.17, 15) is 9.59 Å². The average molecular weight is 467 g/mol. The SMILES string of the molecule is CC(C)(C)OC(=O)NCCCC(=O)Nc1ccc(CN2CCN(Cc3ccccc3)CC2)cc1. The molecule has 34 heavy (non-hydrogen) atoms. The fourth-order valence-corrected chi connectivity index (χ4v) is 3.88. The first-order chi connectivity index (χ1) is 16.3. The molecule has 7 nitrogen and oxygen atoms in total. The second-order valence-electron chi connectivity index (χ2n) is 9.82. The summed E-state index contributed by atoms with van der Waals surface area (Å²) in [5.74, 6) is -0.0618. The van der Waals surface area contributed by atoms with Crippen molar-refractivity contribution >= 4 is 17.7 Å². The van der Waals surface area contributed by atoms with Crippen LogP contribution in [0, 0.1) is 0 Å². The Morgan fingerprint density at radius 1 is 0.853 bits per heavy atom. The van der Waals surface area contributed by atoms with E-state index in [2.05, 4.69) is 62.9 Å². The molecule has 1 aliphatic heterocycles. The highest BCUT2D eigenvalue weighted by atomic mass is 16.6. The van der Waals surface area contributed by atoms with Crippen molar-refractivity contribution in [3.8, 4) is 0 Å². The fraction of sp³-hybridized carbons (Fsp3) is 0.481. The van der Waals surface area contributed by atoms with E-state index in [1.165, 1.54) is 11.1 Å². The topological polar surface area (TPSA) is 73.9 Å². The van der Waals surface area contributed by atoms with Crippen LogP contribution in [0.5, 0.6) is 0 Å². The molecule has 184 valence electrons. The summed E-state index contributed by atoms with van der Waals surface area (Å²) in [5, 5.41) is 5.60. The fourth-order valence-electron chi connectivity index (χ4n) is 3.88. The standard InChI is InChI=1S/C27H38N4O3/c1-27(2,3)34-26(33)28-15-7-10-25(32)29-24-13-11-23(12-14-24)21-31-18-16-30(17-19-31)20-22-8-5-4-6-9-22/h4-6,8-9,11-14H,7,10,15-21H2,1-3H3,(H,28,33)(H,29,32). The first-order valence-electron chi connectivity index (χ1n) is 12.1. The number of benzene rings is 2. The maximum atomic E-state index is 12.2. The zero-order valence-corrected chi connectivity index (χ0v) is 20.7. The molecule has 1 aliphatic rings. The molecule has 0 aromatic heterocycles. The molecular formula is C27H38N4O3. The Kier molecular flexibility index (Phi) is 9.48. The van der Waals surface area contributed by atoms with Crippen LogP contribution >= 0.6 is 0 Å². The summed E-state index contributed by atoms with van der Waals surface area (Å²) in [7, 11) is 0. The normalized spacial score (nSPS) is 15.0. The van der Waals surface area contributed by atoms with Gasteiger partial charge in [0, 0.05) is 57.9 Å². The number of hydrogen-bond acceptors (Lipinski definition) is 5. The third kappa shape index (κ3) is 9.53. The van der Waals surface area contributed by atoms with Gasteiger partial charge in [-0.25, -0.2) is 4.79 Å². The molecule has 0 bridgehead atoms. The molecule has 0 unspecified atom stereocenters. The third-order valence-corrected chi connectivity index (χ3v) is 5.61. The van der Waals surface area contributed by atoms with E-state index >= 15 is 0 Å². The van der Waals surface area contributed by atoms with Gasteiger partial charge in [0.05, 0.1) is 0 Å². The molecule has 1 heterocycles. The van der Waals surface area contributed by atoms with Gasteiger partial charge in [-0.05, 0) is 50.5 Å². The quantitative estimate of drug-likeness (QED) is 0.541. The summed E-state index contributed by atoms with van der Waals surface area (Å²) in [4.78, 5) is 28.8. The molecule has 0 spiro atoms. The Bertz CT molecular complexity index is 902. The molecule has 2 amide bonds. The van der Waals surface area contributed by atoms with Crippen molar-refractivity contribution in [1.29, 1.82) is 0 Å². The van der Waals surface area contributed by atoms with Crippen molar-refractivity contribution in [3.05, 3.63) is 65.7 Å². The van der Waals surface area contributed by atoms with Gasteiger partial charge >= 0.3 is 6.09 Å². The van der Waals surface area contributed by atoms with Gasteiger partial charge in [0.2, 0.25) is 5.91 Å². The summed E-state index contributed by atoms with van der Waals surface area (Å²) in [5.41, 5.74) is 2.88. The van der Waals surface area contributed by atoms with Crippen LogP contribution in [-0.4, -0.2) is 60.1 Å². The summed E-state index contributed by atoms with van der Waals surface area (Å²) < 4.78 is 5.18. The predicted octanol–water partition coefficient (Wildman–Crippen LogP) is 4.25. The summed E-state index contributed by atoms with van der Waals surface area (Å²) in [6.07, 6.45) is 0.436. The van der Waals surface area contributed by atoms with Gasteiger partial charge in [0.25, 0.3) is 0 Å². The zero-order valence-electron chi connectivity index (χ0n) is 20.7. The molecule has 2 aromatic carbocycles. The number of nitrogens with zero attached hydrogens (tertiary/aromatic N) is 2. The van der Waals surface area contributed by atoms with Crippen LogP contribution in [-0.2, 0) is 22.6 Å². The van der Waals surface area contributed by atoms with Crippen molar-refractivity contribution in [3.63, 3.8) is 0 Å². The Labute approximate surface area is 203 Å². The number of carbonyl (C=O) groups is 2.